The highest BCUT2D eigenvalue weighted by atomic mass is 32.2. The molecule has 1 N–H and O–H groups in total. The molecule has 0 radical (unpaired) electrons. The standard InChI is InChI=1S/C14H19NO5S/c1-14(2,3)20-12(16)9-15(21(4)19)11-8-6-5-7-10(11)13(17)18/h5-8H,9H2,1-4H3,(H,17,18). The number of benzene rings is 1. The molecule has 0 spiro atoms. The second-order valence-corrected chi connectivity index (χ2v) is 6.66. The summed E-state index contributed by atoms with van der Waals surface area (Å²) in [7, 11) is -1.56. The van der Waals surface area contributed by atoms with E-state index in [0.717, 1.165) is 0 Å². The third-order valence-electron chi connectivity index (χ3n) is 2.41. The predicted molar refractivity (Wildman–Crippen MR) is 80.7 cm³/mol. The number of esters is 1. The Morgan fingerprint density at radius 1 is 1.29 bits per heavy atom. The largest absolute Gasteiger partial charge is 0.478 e. The summed E-state index contributed by atoms with van der Waals surface area (Å²) in [6, 6.07) is 6.09. The van der Waals surface area contributed by atoms with E-state index < -0.39 is 28.5 Å². The van der Waals surface area contributed by atoms with Gasteiger partial charge in [-0.2, -0.15) is 0 Å². The van der Waals surface area contributed by atoms with Crippen molar-refractivity contribution in [2.45, 2.75) is 26.4 Å². The maximum atomic E-state index is 11.9. The van der Waals surface area contributed by atoms with Crippen molar-refractivity contribution in [1.29, 1.82) is 0 Å². The molecule has 1 rings (SSSR count). The highest BCUT2D eigenvalue weighted by Gasteiger charge is 2.24. The van der Waals surface area contributed by atoms with Gasteiger partial charge < -0.3 is 9.84 Å². The quantitative estimate of drug-likeness (QED) is 0.838. The van der Waals surface area contributed by atoms with Gasteiger partial charge in [0.05, 0.1) is 11.3 Å². The van der Waals surface area contributed by atoms with Crippen LogP contribution < -0.4 is 4.31 Å². The number of hydrogen-bond donors (Lipinski definition) is 1. The molecule has 0 amide bonds. The van der Waals surface area contributed by atoms with Crippen molar-refractivity contribution in [2.24, 2.45) is 0 Å². The lowest BCUT2D eigenvalue weighted by atomic mass is 10.2. The van der Waals surface area contributed by atoms with Crippen LogP contribution in [0, 0.1) is 0 Å². The number of para-hydroxylation sites is 1. The van der Waals surface area contributed by atoms with E-state index in [1.165, 1.54) is 22.7 Å². The van der Waals surface area contributed by atoms with E-state index in [4.69, 9.17) is 4.74 Å². The minimum atomic E-state index is -1.56. The fraction of sp³-hybridized carbons (Fsp3) is 0.429. The van der Waals surface area contributed by atoms with Crippen molar-refractivity contribution >= 4 is 28.6 Å². The lowest BCUT2D eigenvalue weighted by Gasteiger charge is -2.25. The Balaban J connectivity index is 3.06. The van der Waals surface area contributed by atoms with Crippen LogP contribution in [0.1, 0.15) is 31.1 Å². The highest BCUT2D eigenvalue weighted by Crippen LogP contribution is 2.22. The Labute approximate surface area is 126 Å². The normalized spacial score (nSPS) is 12.6. The topological polar surface area (TPSA) is 83.9 Å². The number of aromatic carboxylic acids is 1. The molecule has 1 aromatic rings. The van der Waals surface area contributed by atoms with Crippen LogP contribution in [-0.4, -0.2) is 39.7 Å². The zero-order chi connectivity index (χ0) is 16.2. The lowest BCUT2D eigenvalue weighted by Crippen LogP contribution is -2.36. The number of carbonyl (C=O) groups is 2. The van der Waals surface area contributed by atoms with Gasteiger partial charge in [0, 0.05) is 6.26 Å². The van der Waals surface area contributed by atoms with Gasteiger partial charge in [-0.15, -0.1) is 0 Å². The fourth-order valence-electron chi connectivity index (χ4n) is 1.68. The van der Waals surface area contributed by atoms with Crippen LogP contribution in [0.2, 0.25) is 0 Å². The number of anilines is 1. The zero-order valence-electron chi connectivity index (χ0n) is 12.5. The molecule has 21 heavy (non-hydrogen) atoms. The molecule has 0 aliphatic rings. The second kappa shape index (κ2) is 6.71. The van der Waals surface area contributed by atoms with E-state index in [9.17, 15) is 18.9 Å². The van der Waals surface area contributed by atoms with Crippen molar-refractivity contribution in [1.82, 2.24) is 0 Å². The smallest absolute Gasteiger partial charge is 0.337 e. The zero-order valence-corrected chi connectivity index (χ0v) is 13.3. The summed E-state index contributed by atoms with van der Waals surface area (Å²) in [5.41, 5.74) is -0.461. The molecule has 0 aliphatic heterocycles. The van der Waals surface area contributed by atoms with Crippen molar-refractivity contribution in [3.8, 4) is 0 Å². The van der Waals surface area contributed by atoms with Crippen LogP contribution >= 0.6 is 0 Å². The fourth-order valence-corrected chi connectivity index (χ4v) is 2.40. The number of carboxylic acids is 1. The van der Waals surface area contributed by atoms with Crippen molar-refractivity contribution in [3.05, 3.63) is 29.8 Å². The highest BCUT2D eigenvalue weighted by molar-refractivity contribution is 7.85. The van der Waals surface area contributed by atoms with Gasteiger partial charge in [0.25, 0.3) is 0 Å². The average molecular weight is 313 g/mol. The van der Waals surface area contributed by atoms with E-state index in [-0.39, 0.29) is 17.8 Å². The monoisotopic (exact) mass is 313 g/mol. The molecule has 1 unspecified atom stereocenters. The molecular weight excluding hydrogens is 294 g/mol. The summed E-state index contributed by atoms with van der Waals surface area (Å²) in [4.78, 5) is 23.1. The third kappa shape index (κ3) is 5.18. The van der Waals surface area contributed by atoms with E-state index in [2.05, 4.69) is 0 Å². The number of carbonyl (C=O) groups excluding carboxylic acids is 1. The Morgan fingerprint density at radius 3 is 2.33 bits per heavy atom. The first-order valence-corrected chi connectivity index (χ1v) is 7.78. The molecule has 0 aromatic heterocycles. The Hall–Kier alpha value is -1.89. The van der Waals surface area contributed by atoms with E-state index in [0.29, 0.717) is 0 Å². The van der Waals surface area contributed by atoms with Crippen LogP contribution in [0.3, 0.4) is 0 Å². The number of hydrogen-bond acceptors (Lipinski definition) is 4. The van der Waals surface area contributed by atoms with Crippen molar-refractivity contribution in [2.75, 3.05) is 17.1 Å². The van der Waals surface area contributed by atoms with E-state index >= 15 is 0 Å². The van der Waals surface area contributed by atoms with Gasteiger partial charge in [-0.25, -0.2) is 9.00 Å². The predicted octanol–water partition coefficient (Wildman–Crippen LogP) is 1.83. The number of nitrogens with zero attached hydrogens (tertiary/aromatic N) is 1. The van der Waals surface area contributed by atoms with Crippen molar-refractivity contribution in [3.63, 3.8) is 0 Å². The minimum Gasteiger partial charge on any atom is -0.478 e. The van der Waals surface area contributed by atoms with E-state index in [1.807, 2.05) is 0 Å². The van der Waals surface area contributed by atoms with Crippen LogP contribution in [0.5, 0.6) is 0 Å². The average Bonchev–Trinajstić information content (AvgIpc) is 2.33. The molecule has 0 aliphatic carbocycles. The van der Waals surface area contributed by atoms with Gasteiger partial charge in [-0.3, -0.25) is 9.10 Å². The first kappa shape index (κ1) is 17.2. The van der Waals surface area contributed by atoms with Crippen molar-refractivity contribution < 1.29 is 23.6 Å². The molecule has 0 heterocycles. The maximum Gasteiger partial charge on any atom is 0.337 e. The SMILES string of the molecule is CS(=O)N(CC(=O)OC(C)(C)C)c1ccccc1C(=O)O. The summed E-state index contributed by atoms with van der Waals surface area (Å²) < 4.78 is 18.2. The Bertz CT molecular complexity index is 565. The third-order valence-corrected chi connectivity index (χ3v) is 3.35. The van der Waals surface area contributed by atoms with Gasteiger partial charge in [0.1, 0.15) is 23.1 Å². The molecular formula is C14H19NO5S. The molecule has 1 aromatic carbocycles. The number of ether oxygens (including phenoxy) is 1. The Morgan fingerprint density at radius 2 is 1.86 bits per heavy atom. The maximum absolute atomic E-state index is 11.9. The molecule has 7 heteroatoms. The summed E-state index contributed by atoms with van der Waals surface area (Å²) >= 11 is 0. The summed E-state index contributed by atoms with van der Waals surface area (Å²) in [6.45, 7) is 4.89. The molecule has 0 fully saturated rings. The summed E-state index contributed by atoms with van der Waals surface area (Å²) in [5, 5.41) is 9.18. The van der Waals surface area contributed by atoms with Crippen LogP contribution in [-0.2, 0) is 20.5 Å². The molecule has 0 bridgehead atoms. The second-order valence-electron chi connectivity index (χ2n) is 5.37. The molecule has 6 nitrogen and oxygen atoms in total. The summed E-state index contributed by atoms with van der Waals surface area (Å²) in [5.74, 6) is -1.72. The molecule has 0 saturated heterocycles. The number of rotatable bonds is 5. The molecule has 0 saturated carbocycles. The lowest BCUT2D eigenvalue weighted by molar-refractivity contribution is -0.152. The first-order chi connectivity index (χ1) is 9.61. The minimum absolute atomic E-state index is 0.0174. The first-order valence-electron chi connectivity index (χ1n) is 6.27. The molecule has 1 atom stereocenters. The van der Waals surface area contributed by atoms with Gasteiger partial charge >= 0.3 is 11.9 Å². The van der Waals surface area contributed by atoms with Gasteiger partial charge in [0.15, 0.2) is 0 Å². The van der Waals surface area contributed by atoms with Gasteiger partial charge in [0.2, 0.25) is 0 Å². The molecule has 116 valence electrons. The summed E-state index contributed by atoms with van der Waals surface area (Å²) in [6.07, 6.45) is 1.38. The van der Waals surface area contributed by atoms with Crippen LogP contribution in [0.4, 0.5) is 5.69 Å². The van der Waals surface area contributed by atoms with Crippen LogP contribution in [0.15, 0.2) is 24.3 Å². The van der Waals surface area contributed by atoms with Crippen LogP contribution in [0.25, 0.3) is 0 Å². The Kier molecular flexibility index (Phi) is 5.48. The van der Waals surface area contributed by atoms with E-state index in [1.54, 1.807) is 32.9 Å². The van der Waals surface area contributed by atoms with Gasteiger partial charge in [-0.1, -0.05) is 12.1 Å². The number of carboxylic acid groups (broad SMARTS) is 1. The van der Waals surface area contributed by atoms with Gasteiger partial charge in [-0.05, 0) is 32.9 Å².